The lowest BCUT2D eigenvalue weighted by Crippen LogP contribution is -2.42. The van der Waals surface area contributed by atoms with Crippen LogP contribution in [0.15, 0.2) is 93.9 Å². The molecule has 0 fully saturated rings. The number of anilines is 2. The number of nitrogens with zero attached hydrogens (tertiary/aromatic N) is 1. The molecular weight excluding hydrogens is 605 g/mol. The zero-order chi connectivity index (χ0) is 25.2. The second-order valence-electron chi connectivity index (χ2n) is 9.17. The fourth-order valence-electron chi connectivity index (χ4n) is 5.89. The van der Waals surface area contributed by atoms with Gasteiger partial charge in [0.1, 0.15) is 0 Å². The lowest BCUT2D eigenvalue weighted by molar-refractivity contribution is 0.188. The molecule has 0 bridgehead atoms. The van der Waals surface area contributed by atoms with Crippen molar-refractivity contribution in [1.82, 2.24) is 0 Å². The van der Waals surface area contributed by atoms with Gasteiger partial charge in [0.15, 0.2) is 0 Å². The van der Waals surface area contributed by atoms with E-state index in [2.05, 4.69) is 110 Å². The molecule has 1 aliphatic heterocycles. The monoisotopic (exact) mass is 625 g/mol. The third-order valence-electron chi connectivity index (χ3n) is 7.12. The minimum absolute atomic E-state index is 0.118. The standard InChI is InChI=1S/C28H22Br2NO4P/c1-17(16-35-36(32,33)34)31-26-8-4-2-6-24(26)28(25-7-3-5-9-27(25)31)22-12-10-18(29)14-20(22)21-15-19(30)11-13-23(21)28/h2-15,17H,16H2,1H3,(H2,32,33,34). The Morgan fingerprint density at radius 2 is 1.28 bits per heavy atom. The Morgan fingerprint density at radius 3 is 1.75 bits per heavy atom. The number of benzene rings is 4. The van der Waals surface area contributed by atoms with Gasteiger partial charge >= 0.3 is 7.82 Å². The smallest absolute Gasteiger partial charge is 0.336 e. The van der Waals surface area contributed by atoms with Gasteiger partial charge in [0.05, 0.1) is 18.1 Å². The SMILES string of the molecule is CC(COP(=O)(O)O)N1c2ccccc2C2(c3ccc(Br)cc3-c3cc(Br)ccc32)c2ccccc21. The Bertz CT molecular complexity index is 1470. The van der Waals surface area contributed by atoms with Gasteiger partial charge in [-0.3, -0.25) is 4.52 Å². The van der Waals surface area contributed by atoms with E-state index in [4.69, 9.17) is 4.52 Å². The van der Waals surface area contributed by atoms with Crippen molar-refractivity contribution in [2.45, 2.75) is 18.4 Å². The van der Waals surface area contributed by atoms with Crippen molar-refractivity contribution in [3.8, 4) is 11.1 Å². The minimum atomic E-state index is -4.60. The van der Waals surface area contributed by atoms with Crippen LogP contribution in [0.3, 0.4) is 0 Å². The van der Waals surface area contributed by atoms with Gasteiger partial charge in [0.2, 0.25) is 0 Å². The van der Waals surface area contributed by atoms with Crippen molar-refractivity contribution >= 4 is 51.1 Å². The van der Waals surface area contributed by atoms with Crippen LogP contribution in [0.5, 0.6) is 0 Å². The van der Waals surface area contributed by atoms with E-state index in [1.807, 2.05) is 19.1 Å². The fourth-order valence-corrected chi connectivity index (χ4v) is 7.02. The van der Waals surface area contributed by atoms with E-state index in [0.29, 0.717) is 0 Å². The van der Waals surface area contributed by atoms with Gasteiger partial charge in [-0.1, -0.05) is 80.4 Å². The highest BCUT2D eigenvalue weighted by atomic mass is 79.9. The number of fused-ring (bicyclic) bond motifs is 9. The van der Waals surface area contributed by atoms with E-state index in [-0.39, 0.29) is 12.6 Å². The molecular formula is C28H22Br2NO4P. The molecule has 36 heavy (non-hydrogen) atoms. The summed E-state index contributed by atoms with van der Waals surface area (Å²) in [6.07, 6.45) is 0. The van der Waals surface area contributed by atoms with Crippen LogP contribution >= 0.6 is 39.7 Å². The van der Waals surface area contributed by atoms with Crippen molar-refractivity contribution in [2.24, 2.45) is 0 Å². The largest absolute Gasteiger partial charge is 0.469 e. The van der Waals surface area contributed by atoms with Crippen molar-refractivity contribution in [1.29, 1.82) is 0 Å². The van der Waals surface area contributed by atoms with Gasteiger partial charge in [0, 0.05) is 20.3 Å². The van der Waals surface area contributed by atoms with Crippen molar-refractivity contribution in [3.63, 3.8) is 0 Å². The molecule has 2 N–H and O–H groups in total. The normalized spacial score (nSPS) is 15.8. The molecule has 2 aliphatic rings. The maximum Gasteiger partial charge on any atom is 0.469 e. The Kier molecular flexibility index (Phi) is 5.80. The second kappa shape index (κ2) is 8.66. The third-order valence-corrected chi connectivity index (χ3v) is 8.59. The molecule has 0 saturated heterocycles. The summed E-state index contributed by atoms with van der Waals surface area (Å²) >= 11 is 7.35. The lowest BCUT2D eigenvalue weighted by atomic mass is 9.64. The van der Waals surface area contributed by atoms with E-state index >= 15 is 0 Å². The van der Waals surface area contributed by atoms with E-state index in [1.165, 1.54) is 22.3 Å². The summed E-state index contributed by atoms with van der Waals surface area (Å²) in [6, 6.07) is 29.2. The zero-order valence-corrected chi connectivity index (χ0v) is 23.3. The maximum atomic E-state index is 11.5. The molecule has 6 rings (SSSR count). The van der Waals surface area contributed by atoms with E-state index in [1.54, 1.807) is 0 Å². The van der Waals surface area contributed by atoms with Crippen LogP contribution in [-0.2, 0) is 14.5 Å². The zero-order valence-electron chi connectivity index (χ0n) is 19.2. The number of halogens is 2. The maximum absolute atomic E-state index is 11.5. The van der Waals surface area contributed by atoms with Crippen molar-refractivity contribution in [3.05, 3.63) is 116 Å². The second-order valence-corrected chi connectivity index (χ2v) is 12.2. The Hall–Kier alpha value is -2.25. The molecule has 1 heterocycles. The fraction of sp³-hybridized carbons (Fsp3) is 0.143. The van der Waals surface area contributed by atoms with Crippen LogP contribution in [0.2, 0.25) is 0 Å². The van der Waals surface area contributed by atoms with Gasteiger partial charge in [-0.15, -0.1) is 0 Å². The lowest BCUT2D eigenvalue weighted by Gasteiger charge is -2.46. The molecule has 182 valence electrons. The molecule has 0 aromatic heterocycles. The van der Waals surface area contributed by atoms with Crippen LogP contribution in [0.4, 0.5) is 11.4 Å². The molecule has 4 aromatic rings. The quantitative estimate of drug-likeness (QED) is 0.202. The molecule has 0 amide bonds. The molecule has 4 aromatic carbocycles. The first-order valence-corrected chi connectivity index (χ1v) is 14.6. The summed E-state index contributed by atoms with van der Waals surface area (Å²) in [7, 11) is -4.60. The predicted molar refractivity (Wildman–Crippen MR) is 149 cm³/mol. The Labute approximate surface area is 226 Å². The summed E-state index contributed by atoms with van der Waals surface area (Å²) in [5.74, 6) is 0. The number of hydrogen-bond donors (Lipinski definition) is 2. The highest BCUT2D eigenvalue weighted by molar-refractivity contribution is 9.10. The van der Waals surface area contributed by atoms with Gasteiger partial charge in [-0.05, 0) is 76.7 Å². The van der Waals surface area contributed by atoms with E-state index in [9.17, 15) is 14.4 Å². The molecule has 8 heteroatoms. The highest BCUT2D eigenvalue weighted by Crippen LogP contribution is 2.63. The number of para-hydroxylation sites is 2. The molecule has 0 radical (unpaired) electrons. The first kappa shape index (κ1) is 24.1. The van der Waals surface area contributed by atoms with E-state index < -0.39 is 13.2 Å². The Balaban J connectivity index is 1.68. The van der Waals surface area contributed by atoms with Crippen LogP contribution in [0.1, 0.15) is 29.2 Å². The van der Waals surface area contributed by atoms with Gasteiger partial charge < -0.3 is 14.7 Å². The van der Waals surface area contributed by atoms with Crippen molar-refractivity contribution < 1.29 is 18.9 Å². The predicted octanol–water partition coefficient (Wildman–Crippen LogP) is 7.52. The molecule has 5 nitrogen and oxygen atoms in total. The van der Waals surface area contributed by atoms with Gasteiger partial charge in [0.25, 0.3) is 0 Å². The topological polar surface area (TPSA) is 70.0 Å². The van der Waals surface area contributed by atoms with Crippen LogP contribution in [0, 0.1) is 0 Å². The van der Waals surface area contributed by atoms with Gasteiger partial charge in [-0.2, -0.15) is 0 Å². The van der Waals surface area contributed by atoms with Crippen LogP contribution in [0.25, 0.3) is 11.1 Å². The average Bonchev–Trinajstić information content (AvgIpc) is 3.12. The first-order valence-electron chi connectivity index (χ1n) is 11.5. The summed E-state index contributed by atoms with van der Waals surface area (Å²) in [5, 5.41) is 0. The summed E-state index contributed by atoms with van der Waals surface area (Å²) in [5.41, 5.74) is 8.45. The summed E-state index contributed by atoms with van der Waals surface area (Å²) in [4.78, 5) is 20.8. The minimum Gasteiger partial charge on any atom is -0.336 e. The molecule has 1 unspecified atom stereocenters. The summed E-state index contributed by atoms with van der Waals surface area (Å²) in [6.45, 7) is 1.80. The first-order chi connectivity index (χ1) is 17.2. The molecule has 1 aliphatic carbocycles. The third kappa shape index (κ3) is 3.57. The van der Waals surface area contributed by atoms with Gasteiger partial charge in [-0.25, -0.2) is 4.57 Å². The molecule has 1 atom stereocenters. The summed E-state index contributed by atoms with van der Waals surface area (Å²) < 4.78 is 18.5. The molecule has 0 saturated carbocycles. The highest BCUT2D eigenvalue weighted by Gasteiger charge is 2.52. The molecule has 1 spiro atoms. The van der Waals surface area contributed by atoms with E-state index in [0.717, 1.165) is 31.4 Å². The van der Waals surface area contributed by atoms with Crippen molar-refractivity contribution in [2.75, 3.05) is 11.5 Å². The number of hydrogen-bond acceptors (Lipinski definition) is 3. The average molecular weight is 627 g/mol. The number of rotatable bonds is 4. The van der Waals surface area contributed by atoms with Crippen LogP contribution < -0.4 is 4.90 Å². The number of phosphoric acid groups is 1. The van der Waals surface area contributed by atoms with Crippen LogP contribution in [-0.4, -0.2) is 22.4 Å². The Morgan fingerprint density at radius 1 is 0.806 bits per heavy atom. The number of phosphoric ester groups is 1.